The molecule has 0 bridgehead atoms. The number of carbonyl (C=O) groups excluding carboxylic acids is 2. The summed E-state index contributed by atoms with van der Waals surface area (Å²) in [6, 6.07) is 8.49. The van der Waals surface area contributed by atoms with Gasteiger partial charge in [0.15, 0.2) is 5.75 Å². The topological polar surface area (TPSA) is 128 Å². The Balaban J connectivity index is 2.33. The number of halogens is 2. The number of hydrogen-bond acceptors (Lipinski definition) is 5. The number of methoxy groups -OCH3 is 1. The molecule has 0 saturated heterocycles. The van der Waals surface area contributed by atoms with Crippen molar-refractivity contribution in [2.75, 3.05) is 18.4 Å². The molecule has 4 N–H and O–H groups in total. The van der Waals surface area contributed by atoms with E-state index in [9.17, 15) is 18.0 Å². The zero-order chi connectivity index (χ0) is 20.2. The molecule has 0 unspecified atom stereocenters. The number of benzene rings is 2. The van der Waals surface area contributed by atoms with Crippen molar-refractivity contribution in [2.24, 2.45) is 5.73 Å². The second kappa shape index (κ2) is 8.59. The Morgan fingerprint density at radius 2 is 1.96 bits per heavy atom. The number of hydrogen-bond donors (Lipinski definition) is 3. The molecule has 8 nitrogen and oxygen atoms in total. The molecule has 27 heavy (non-hydrogen) atoms. The second-order valence-electron chi connectivity index (χ2n) is 5.25. The molecule has 2 amide bonds. The number of nitrogens with two attached hydrogens (primary N) is 1. The van der Waals surface area contributed by atoms with Crippen LogP contribution in [0.2, 0.25) is 5.02 Å². The van der Waals surface area contributed by atoms with Crippen LogP contribution in [0, 0.1) is 0 Å². The van der Waals surface area contributed by atoms with Crippen LogP contribution in [0.5, 0.6) is 5.75 Å². The number of carbonyl (C=O) groups is 2. The average molecular weight is 477 g/mol. The number of anilines is 1. The van der Waals surface area contributed by atoms with E-state index in [-0.39, 0.29) is 33.5 Å². The monoisotopic (exact) mass is 475 g/mol. The summed E-state index contributed by atoms with van der Waals surface area (Å²) in [5, 5.41) is 2.52. The van der Waals surface area contributed by atoms with E-state index in [2.05, 4.69) is 26.0 Å². The van der Waals surface area contributed by atoms with E-state index in [0.717, 1.165) is 0 Å². The van der Waals surface area contributed by atoms with Crippen molar-refractivity contribution in [1.82, 2.24) is 5.32 Å². The third-order valence-corrected chi connectivity index (χ3v) is 5.46. The summed E-state index contributed by atoms with van der Waals surface area (Å²) in [7, 11) is -2.73. The van der Waals surface area contributed by atoms with Gasteiger partial charge in [0.25, 0.3) is 15.9 Å². The van der Waals surface area contributed by atoms with Crippen LogP contribution in [0.25, 0.3) is 0 Å². The zero-order valence-electron chi connectivity index (χ0n) is 14.0. The van der Waals surface area contributed by atoms with E-state index >= 15 is 0 Å². The molecule has 0 spiro atoms. The predicted octanol–water partition coefficient (Wildman–Crippen LogP) is 2.13. The van der Waals surface area contributed by atoms with Gasteiger partial charge in [-0.25, -0.2) is 8.42 Å². The summed E-state index contributed by atoms with van der Waals surface area (Å²) >= 11 is 9.15. The summed E-state index contributed by atoms with van der Waals surface area (Å²) in [6.07, 6.45) is 0. The molecule has 0 saturated carbocycles. The predicted molar refractivity (Wildman–Crippen MR) is 104 cm³/mol. The van der Waals surface area contributed by atoms with Gasteiger partial charge in [-0.15, -0.1) is 0 Å². The summed E-state index contributed by atoms with van der Waals surface area (Å²) in [4.78, 5) is 22.6. The van der Waals surface area contributed by atoms with Crippen molar-refractivity contribution < 1.29 is 22.7 Å². The smallest absolute Gasteiger partial charge is 0.265 e. The van der Waals surface area contributed by atoms with Crippen molar-refractivity contribution in [2.45, 2.75) is 4.90 Å². The molecule has 2 rings (SSSR count). The summed E-state index contributed by atoms with van der Waals surface area (Å²) < 4.78 is 33.4. The van der Waals surface area contributed by atoms with Crippen molar-refractivity contribution in [3.05, 3.63) is 51.5 Å². The van der Waals surface area contributed by atoms with Gasteiger partial charge in [-0.05, 0) is 46.3 Å². The Kier molecular flexibility index (Phi) is 6.68. The molecule has 2 aromatic carbocycles. The SMILES string of the molecule is COc1c(Br)cc(Cl)cc1S(=O)(=O)Nc1cccc(C(=O)NCC(N)=O)c1. The van der Waals surface area contributed by atoms with Gasteiger partial charge >= 0.3 is 0 Å². The van der Waals surface area contributed by atoms with Crippen LogP contribution in [0.4, 0.5) is 5.69 Å². The molecule has 11 heteroatoms. The van der Waals surface area contributed by atoms with Crippen LogP contribution in [0.3, 0.4) is 0 Å². The lowest BCUT2D eigenvalue weighted by Crippen LogP contribution is -2.33. The van der Waals surface area contributed by atoms with Crippen LogP contribution in [-0.2, 0) is 14.8 Å². The summed E-state index contributed by atoms with van der Waals surface area (Å²) in [5.41, 5.74) is 5.26. The van der Waals surface area contributed by atoms with E-state index in [1.165, 1.54) is 43.5 Å². The minimum atomic E-state index is -4.06. The maximum absolute atomic E-state index is 12.7. The van der Waals surface area contributed by atoms with E-state index < -0.39 is 21.8 Å². The number of ether oxygens (including phenoxy) is 1. The first-order valence-corrected chi connectivity index (χ1v) is 10.0. The first kappa shape index (κ1) is 21.0. The standard InChI is InChI=1S/C16H15BrClN3O5S/c1-26-15-12(17)6-10(18)7-13(15)27(24,25)21-11-4-2-3-9(5-11)16(23)20-8-14(19)22/h2-7,21H,8H2,1H3,(H2,19,22)(H,20,23). The van der Waals surface area contributed by atoms with Crippen LogP contribution in [0.15, 0.2) is 45.8 Å². The average Bonchev–Trinajstić information content (AvgIpc) is 2.58. The summed E-state index contributed by atoms with van der Waals surface area (Å²) in [5.74, 6) is -1.18. The van der Waals surface area contributed by atoms with Crippen molar-refractivity contribution in [3.8, 4) is 5.75 Å². The fraction of sp³-hybridized carbons (Fsp3) is 0.125. The van der Waals surface area contributed by atoms with Gasteiger partial charge < -0.3 is 15.8 Å². The molecular formula is C16H15BrClN3O5S. The Labute approximate surface area is 169 Å². The fourth-order valence-corrected chi connectivity index (χ4v) is 4.57. The third kappa shape index (κ3) is 5.34. The fourth-order valence-electron chi connectivity index (χ4n) is 2.14. The van der Waals surface area contributed by atoms with Gasteiger partial charge in [0.05, 0.1) is 18.1 Å². The van der Waals surface area contributed by atoms with Crippen LogP contribution < -0.4 is 20.5 Å². The number of amides is 2. The lowest BCUT2D eigenvalue weighted by Gasteiger charge is -2.14. The highest BCUT2D eigenvalue weighted by atomic mass is 79.9. The number of rotatable bonds is 7. The Morgan fingerprint density at radius 3 is 2.59 bits per heavy atom. The zero-order valence-corrected chi connectivity index (χ0v) is 17.1. The van der Waals surface area contributed by atoms with Crippen LogP contribution in [-0.4, -0.2) is 33.9 Å². The third-order valence-electron chi connectivity index (χ3n) is 3.27. The lowest BCUT2D eigenvalue weighted by atomic mass is 10.2. The molecule has 0 fully saturated rings. The van der Waals surface area contributed by atoms with Gasteiger partial charge in [0, 0.05) is 16.3 Å². The minimum Gasteiger partial charge on any atom is -0.494 e. The number of nitrogens with one attached hydrogen (secondary N) is 2. The van der Waals surface area contributed by atoms with Crippen LogP contribution in [0.1, 0.15) is 10.4 Å². The van der Waals surface area contributed by atoms with Gasteiger partial charge in [-0.3, -0.25) is 14.3 Å². The molecule has 2 aromatic rings. The number of sulfonamides is 1. The molecule has 0 heterocycles. The molecule has 0 aliphatic heterocycles. The largest absolute Gasteiger partial charge is 0.494 e. The van der Waals surface area contributed by atoms with E-state index in [1.54, 1.807) is 0 Å². The maximum Gasteiger partial charge on any atom is 0.265 e. The minimum absolute atomic E-state index is 0.0854. The van der Waals surface area contributed by atoms with Gasteiger partial charge in [0.2, 0.25) is 5.91 Å². The quantitative estimate of drug-likeness (QED) is 0.564. The van der Waals surface area contributed by atoms with Gasteiger partial charge in [0.1, 0.15) is 4.90 Å². The van der Waals surface area contributed by atoms with Crippen molar-refractivity contribution in [1.29, 1.82) is 0 Å². The van der Waals surface area contributed by atoms with Gasteiger partial charge in [-0.1, -0.05) is 17.7 Å². The highest BCUT2D eigenvalue weighted by molar-refractivity contribution is 9.10. The Morgan fingerprint density at radius 1 is 1.26 bits per heavy atom. The Bertz CT molecular complexity index is 998. The maximum atomic E-state index is 12.7. The number of primary amides is 1. The molecule has 0 radical (unpaired) electrons. The first-order valence-electron chi connectivity index (χ1n) is 7.36. The first-order chi connectivity index (χ1) is 12.6. The molecule has 0 aliphatic rings. The van der Waals surface area contributed by atoms with Crippen molar-refractivity contribution in [3.63, 3.8) is 0 Å². The Hall–Kier alpha value is -2.30. The molecular weight excluding hydrogens is 462 g/mol. The van der Waals surface area contributed by atoms with E-state index in [0.29, 0.717) is 4.47 Å². The molecule has 144 valence electrons. The van der Waals surface area contributed by atoms with Gasteiger partial charge in [-0.2, -0.15) is 0 Å². The lowest BCUT2D eigenvalue weighted by molar-refractivity contribution is -0.117. The highest BCUT2D eigenvalue weighted by Gasteiger charge is 2.23. The van der Waals surface area contributed by atoms with E-state index in [1.807, 2.05) is 0 Å². The van der Waals surface area contributed by atoms with Crippen LogP contribution >= 0.6 is 27.5 Å². The summed E-state index contributed by atoms with van der Waals surface area (Å²) in [6.45, 7) is -0.331. The second-order valence-corrected chi connectivity index (χ2v) is 8.20. The van der Waals surface area contributed by atoms with Crippen molar-refractivity contribution >= 4 is 55.1 Å². The molecule has 0 aliphatic carbocycles. The van der Waals surface area contributed by atoms with E-state index in [4.69, 9.17) is 22.1 Å². The normalized spacial score (nSPS) is 10.9. The molecule has 0 atom stereocenters. The highest BCUT2D eigenvalue weighted by Crippen LogP contribution is 2.36. The molecule has 0 aromatic heterocycles.